The molecule has 98 valence electrons. The highest BCUT2D eigenvalue weighted by atomic mass is 127. The lowest BCUT2D eigenvalue weighted by Crippen LogP contribution is -2.55. The Morgan fingerprint density at radius 2 is 2.06 bits per heavy atom. The van der Waals surface area contributed by atoms with E-state index in [-0.39, 0.29) is 6.61 Å². The van der Waals surface area contributed by atoms with Crippen LogP contribution in [0, 0.1) is 3.57 Å². The van der Waals surface area contributed by atoms with E-state index in [1.54, 1.807) is 18.2 Å². The quantitative estimate of drug-likeness (QED) is 0.778. The Hall–Kier alpha value is -1.15. The molecule has 0 radical (unpaired) electrons. The van der Waals surface area contributed by atoms with Crippen molar-refractivity contribution in [2.24, 2.45) is 0 Å². The van der Waals surface area contributed by atoms with Gasteiger partial charge in [0.1, 0.15) is 0 Å². The number of carbonyl (C=O) groups excluding carboxylic acids is 1. The predicted octanol–water partition coefficient (Wildman–Crippen LogP) is 1.51. The lowest BCUT2D eigenvalue weighted by molar-refractivity contribution is -0.145. The Balaban J connectivity index is 2.93. The average Bonchev–Trinajstić information content (AvgIpc) is 2.29. The predicted molar refractivity (Wildman–Crippen MR) is 74.5 cm³/mol. The van der Waals surface area contributed by atoms with Crippen molar-refractivity contribution in [2.45, 2.75) is 12.5 Å². The molecular formula is C12H14INO4. The summed E-state index contributed by atoms with van der Waals surface area (Å²) in [6, 6.07) is 6.96. The summed E-state index contributed by atoms with van der Waals surface area (Å²) in [5.41, 5.74) is -0.994. The number of benzene rings is 1. The topological polar surface area (TPSA) is 75.6 Å². The Morgan fingerprint density at radius 3 is 2.56 bits per heavy atom. The van der Waals surface area contributed by atoms with Gasteiger partial charge in [0.25, 0.3) is 5.91 Å². The Bertz CT molecular complexity index is 463. The highest BCUT2D eigenvalue weighted by Crippen LogP contribution is 2.13. The first-order valence-electron chi connectivity index (χ1n) is 5.20. The molecule has 0 bridgehead atoms. The molecule has 2 N–H and O–H groups in total. The molecule has 6 heteroatoms. The normalized spacial score (nSPS) is 13.7. The number of amides is 1. The molecule has 0 heterocycles. The second-order valence-electron chi connectivity index (χ2n) is 4.00. The summed E-state index contributed by atoms with van der Waals surface area (Å²) in [5, 5.41) is 11.6. The molecule has 0 aliphatic heterocycles. The van der Waals surface area contributed by atoms with E-state index in [0.717, 1.165) is 3.57 Å². The summed E-state index contributed by atoms with van der Waals surface area (Å²) in [7, 11) is 1.39. The summed E-state index contributed by atoms with van der Waals surface area (Å²) in [4.78, 5) is 23.2. The lowest BCUT2D eigenvalue weighted by Gasteiger charge is -2.25. The van der Waals surface area contributed by atoms with Gasteiger partial charge in [-0.2, -0.15) is 0 Å². The van der Waals surface area contributed by atoms with Gasteiger partial charge in [-0.15, -0.1) is 0 Å². The van der Waals surface area contributed by atoms with Gasteiger partial charge in [-0.25, -0.2) is 4.79 Å². The number of halogens is 1. The maximum atomic E-state index is 12.0. The Kier molecular flexibility index (Phi) is 5.09. The first-order chi connectivity index (χ1) is 8.40. The van der Waals surface area contributed by atoms with E-state index in [0.29, 0.717) is 5.56 Å². The number of aliphatic carboxylic acids is 1. The molecule has 0 aromatic heterocycles. The van der Waals surface area contributed by atoms with Crippen molar-refractivity contribution < 1.29 is 19.4 Å². The highest BCUT2D eigenvalue weighted by molar-refractivity contribution is 14.1. The molecule has 0 aliphatic rings. The van der Waals surface area contributed by atoms with Gasteiger partial charge in [0.15, 0.2) is 5.54 Å². The van der Waals surface area contributed by atoms with Crippen LogP contribution in [0.2, 0.25) is 0 Å². The van der Waals surface area contributed by atoms with E-state index >= 15 is 0 Å². The number of methoxy groups -OCH3 is 1. The second kappa shape index (κ2) is 6.14. The van der Waals surface area contributed by atoms with E-state index in [1.807, 2.05) is 28.7 Å². The highest BCUT2D eigenvalue weighted by Gasteiger charge is 2.35. The van der Waals surface area contributed by atoms with Crippen LogP contribution in [-0.2, 0) is 9.53 Å². The number of nitrogens with one attached hydrogen (secondary N) is 1. The van der Waals surface area contributed by atoms with Crippen molar-refractivity contribution in [1.29, 1.82) is 0 Å². The fourth-order valence-electron chi connectivity index (χ4n) is 1.40. The van der Waals surface area contributed by atoms with Gasteiger partial charge in [0, 0.05) is 10.7 Å². The van der Waals surface area contributed by atoms with Crippen molar-refractivity contribution >= 4 is 34.5 Å². The summed E-state index contributed by atoms with van der Waals surface area (Å²) in [6.45, 7) is 1.31. The van der Waals surface area contributed by atoms with Gasteiger partial charge >= 0.3 is 5.97 Å². The molecule has 0 saturated carbocycles. The van der Waals surface area contributed by atoms with Crippen LogP contribution in [0.5, 0.6) is 0 Å². The molecule has 1 aromatic carbocycles. The number of carboxylic acid groups (broad SMARTS) is 1. The number of carboxylic acids is 1. The van der Waals surface area contributed by atoms with Crippen molar-refractivity contribution in [3.8, 4) is 0 Å². The summed E-state index contributed by atoms with van der Waals surface area (Å²) >= 11 is 2.03. The molecule has 0 aliphatic carbocycles. The van der Waals surface area contributed by atoms with Gasteiger partial charge < -0.3 is 15.2 Å². The first kappa shape index (κ1) is 14.9. The third-order valence-electron chi connectivity index (χ3n) is 2.41. The second-order valence-corrected chi connectivity index (χ2v) is 5.17. The Morgan fingerprint density at radius 1 is 1.44 bits per heavy atom. The summed E-state index contributed by atoms with van der Waals surface area (Å²) in [6.07, 6.45) is 0. The SMILES string of the molecule is COCC(C)(NC(=O)c1ccccc1I)C(=O)O. The minimum atomic E-state index is -1.44. The van der Waals surface area contributed by atoms with E-state index in [4.69, 9.17) is 9.84 Å². The standard InChI is InChI=1S/C12H14INO4/c1-12(7-18-2,11(16)17)14-10(15)8-5-3-4-6-9(8)13/h3-6H,7H2,1-2H3,(H,14,15)(H,16,17). The molecule has 5 nitrogen and oxygen atoms in total. The van der Waals surface area contributed by atoms with Gasteiger partial charge in [-0.05, 0) is 41.6 Å². The molecule has 0 spiro atoms. The Labute approximate surface area is 119 Å². The van der Waals surface area contributed by atoms with E-state index < -0.39 is 17.4 Å². The molecule has 1 unspecified atom stereocenters. The molecule has 0 fully saturated rings. The molecule has 0 saturated heterocycles. The molecule has 1 aromatic rings. The fourth-order valence-corrected chi connectivity index (χ4v) is 2.04. The minimum absolute atomic E-state index is 0.0997. The van der Waals surface area contributed by atoms with Crippen LogP contribution >= 0.6 is 22.6 Å². The maximum absolute atomic E-state index is 12.0. The summed E-state index contributed by atoms with van der Waals surface area (Å²) in [5.74, 6) is -1.56. The van der Waals surface area contributed by atoms with Crippen LogP contribution in [-0.4, -0.2) is 36.2 Å². The van der Waals surface area contributed by atoms with Crippen molar-refractivity contribution in [3.63, 3.8) is 0 Å². The van der Waals surface area contributed by atoms with Crippen LogP contribution in [0.15, 0.2) is 24.3 Å². The van der Waals surface area contributed by atoms with Crippen molar-refractivity contribution in [3.05, 3.63) is 33.4 Å². The monoisotopic (exact) mass is 363 g/mol. The van der Waals surface area contributed by atoms with Crippen molar-refractivity contribution in [1.82, 2.24) is 5.32 Å². The number of hydrogen-bond donors (Lipinski definition) is 2. The van der Waals surface area contributed by atoms with Crippen LogP contribution in [0.1, 0.15) is 17.3 Å². The van der Waals surface area contributed by atoms with Crippen molar-refractivity contribution in [2.75, 3.05) is 13.7 Å². The lowest BCUT2D eigenvalue weighted by atomic mass is 10.0. The number of ether oxygens (including phenoxy) is 1. The van der Waals surface area contributed by atoms with Gasteiger partial charge in [0.2, 0.25) is 0 Å². The van der Waals surface area contributed by atoms with Crippen LogP contribution in [0.25, 0.3) is 0 Å². The average molecular weight is 363 g/mol. The zero-order valence-corrected chi connectivity index (χ0v) is 12.2. The zero-order valence-electron chi connectivity index (χ0n) is 10.1. The summed E-state index contributed by atoms with van der Waals surface area (Å²) < 4.78 is 5.60. The molecule has 1 amide bonds. The third-order valence-corrected chi connectivity index (χ3v) is 3.35. The van der Waals surface area contributed by atoms with Gasteiger partial charge in [-0.1, -0.05) is 12.1 Å². The molecule has 1 atom stereocenters. The molecule has 18 heavy (non-hydrogen) atoms. The molecular weight excluding hydrogens is 349 g/mol. The number of hydrogen-bond acceptors (Lipinski definition) is 3. The van der Waals surface area contributed by atoms with E-state index in [1.165, 1.54) is 14.0 Å². The van der Waals surface area contributed by atoms with Crippen LogP contribution in [0.4, 0.5) is 0 Å². The van der Waals surface area contributed by atoms with Gasteiger partial charge in [0.05, 0.1) is 12.2 Å². The van der Waals surface area contributed by atoms with E-state index in [2.05, 4.69) is 5.32 Å². The van der Waals surface area contributed by atoms with Gasteiger partial charge in [-0.3, -0.25) is 4.79 Å². The number of rotatable bonds is 5. The van der Waals surface area contributed by atoms with Crippen LogP contribution < -0.4 is 5.32 Å². The van der Waals surface area contributed by atoms with Crippen LogP contribution in [0.3, 0.4) is 0 Å². The zero-order chi connectivity index (χ0) is 13.8. The largest absolute Gasteiger partial charge is 0.479 e. The van der Waals surface area contributed by atoms with E-state index in [9.17, 15) is 9.59 Å². The molecule has 1 rings (SSSR count). The number of carbonyl (C=O) groups is 2. The maximum Gasteiger partial charge on any atom is 0.331 e. The smallest absolute Gasteiger partial charge is 0.331 e. The fraction of sp³-hybridized carbons (Fsp3) is 0.333. The third kappa shape index (κ3) is 3.42. The first-order valence-corrected chi connectivity index (χ1v) is 6.28. The minimum Gasteiger partial charge on any atom is -0.479 e.